The van der Waals surface area contributed by atoms with E-state index in [1.165, 1.54) is 0 Å². The Kier molecular flexibility index (Phi) is 5.57. The van der Waals surface area contributed by atoms with Crippen LogP contribution >= 0.6 is 0 Å². The molecule has 2 unspecified atom stereocenters. The second-order valence-electron chi connectivity index (χ2n) is 4.84. The molecule has 0 aliphatic carbocycles. The van der Waals surface area contributed by atoms with E-state index in [0.29, 0.717) is 12.1 Å². The molecule has 1 fully saturated rings. The van der Waals surface area contributed by atoms with E-state index in [0.717, 1.165) is 45.7 Å². The minimum absolute atomic E-state index is 0.497. The van der Waals surface area contributed by atoms with Crippen molar-refractivity contribution in [3.63, 3.8) is 0 Å². The topological polar surface area (TPSA) is 64.0 Å². The van der Waals surface area contributed by atoms with Gasteiger partial charge in [0.15, 0.2) is 0 Å². The molecule has 2 atom stereocenters. The van der Waals surface area contributed by atoms with Crippen LogP contribution in [0.2, 0.25) is 0 Å². The number of aromatic nitrogens is 3. The van der Waals surface area contributed by atoms with E-state index in [9.17, 15) is 0 Å². The van der Waals surface area contributed by atoms with Crippen LogP contribution in [0.15, 0.2) is 12.4 Å². The molecule has 0 saturated carbocycles. The summed E-state index contributed by atoms with van der Waals surface area (Å²) < 4.78 is 7.31. The largest absolute Gasteiger partial charge is 0.379 e. The van der Waals surface area contributed by atoms with E-state index >= 15 is 0 Å². The Morgan fingerprint density at radius 1 is 1.61 bits per heavy atom. The monoisotopic (exact) mass is 253 g/mol. The molecular weight excluding hydrogens is 230 g/mol. The van der Waals surface area contributed by atoms with Crippen molar-refractivity contribution in [3.8, 4) is 0 Å². The molecule has 2 N–H and O–H groups in total. The van der Waals surface area contributed by atoms with Gasteiger partial charge in [-0.3, -0.25) is 4.68 Å². The SMILES string of the molecule is CC(CC1COCCN1)NCCCn1ccnn1. The zero-order chi connectivity index (χ0) is 12.6. The molecule has 1 aromatic rings. The van der Waals surface area contributed by atoms with Gasteiger partial charge in [-0.2, -0.15) is 0 Å². The minimum atomic E-state index is 0.497. The molecule has 0 bridgehead atoms. The zero-order valence-electron chi connectivity index (χ0n) is 11.0. The maximum atomic E-state index is 5.45. The third-order valence-electron chi connectivity index (χ3n) is 3.17. The second kappa shape index (κ2) is 7.45. The summed E-state index contributed by atoms with van der Waals surface area (Å²) in [5.41, 5.74) is 0. The van der Waals surface area contributed by atoms with Gasteiger partial charge in [0, 0.05) is 31.4 Å². The summed E-state index contributed by atoms with van der Waals surface area (Å²) >= 11 is 0. The van der Waals surface area contributed by atoms with E-state index in [1.807, 2.05) is 10.9 Å². The summed E-state index contributed by atoms with van der Waals surface area (Å²) in [6.07, 6.45) is 5.79. The number of ether oxygens (including phenoxy) is 1. The van der Waals surface area contributed by atoms with Crippen molar-refractivity contribution >= 4 is 0 Å². The average molecular weight is 253 g/mol. The lowest BCUT2D eigenvalue weighted by molar-refractivity contribution is 0.0712. The lowest BCUT2D eigenvalue weighted by Crippen LogP contribution is -2.45. The predicted molar refractivity (Wildman–Crippen MR) is 69.3 cm³/mol. The Labute approximate surface area is 108 Å². The fourth-order valence-corrected chi connectivity index (χ4v) is 2.22. The van der Waals surface area contributed by atoms with Crippen LogP contribution in [0.5, 0.6) is 0 Å². The van der Waals surface area contributed by atoms with Crippen molar-refractivity contribution in [2.75, 3.05) is 26.3 Å². The summed E-state index contributed by atoms with van der Waals surface area (Å²) in [5.74, 6) is 0. The average Bonchev–Trinajstić information content (AvgIpc) is 2.89. The molecule has 6 heteroatoms. The number of rotatable bonds is 7. The van der Waals surface area contributed by atoms with Crippen molar-refractivity contribution < 1.29 is 4.74 Å². The van der Waals surface area contributed by atoms with E-state index < -0.39 is 0 Å². The summed E-state index contributed by atoms with van der Waals surface area (Å²) in [6.45, 7) is 6.82. The first kappa shape index (κ1) is 13.5. The third-order valence-corrected chi connectivity index (χ3v) is 3.17. The summed E-state index contributed by atoms with van der Waals surface area (Å²) in [7, 11) is 0. The van der Waals surface area contributed by atoms with E-state index in [-0.39, 0.29) is 0 Å². The van der Waals surface area contributed by atoms with Crippen molar-refractivity contribution in [2.45, 2.75) is 38.4 Å². The fourth-order valence-electron chi connectivity index (χ4n) is 2.22. The van der Waals surface area contributed by atoms with Crippen molar-refractivity contribution in [1.29, 1.82) is 0 Å². The highest BCUT2D eigenvalue weighted by Crippen LogP contribution is 2.02. The minimum Gasteiger partial charge on any atom is -0.379 e. The van der Waals surface area contributed by atoms with Crippen molar-refractivity contribution in [1.82, 2.24) is 25.6 Å². The maximum absolute atomic E-state index is 5.45. The third kappa shape index (κ3) is 4.72. The van der Waals surface area contributed by atoms with Crippen LogP contribution in [0.4, 0.5) is 0 Å². The summed E-state index contributed by atoms with van der Waals surface area (Å²) in [6, 6.07) is 1.01. The first-order valence-electron chi connectivity index (χ1n) is 6.73. The van der Waals surface area contributed by atoms with Gasteiger partial charge in [0.25, 0.3) is 0 Å². The molecular formula is C12H23N5O. The van der Waals surface area contributed by atoms with Gasteiger partial charge in [0.1, 0.15) is 0 Å². The molecule has 18 heavy (non-hydrogen) atoms. The molecule has 1 saturated heterocycles. The number of morpholine rings is 1. The molecule has 1 aromatic heterocycles. The van der Waals surface area contributed by atoms with Gasteiger partial charge in [-0.25, -0.2) is 0 Å². The Morgan fingerprint density at radius 2 is 2.56 bits per heavy atom. The van der Waals surface area contributed by atoms with Crippen LogP contribution in [0.3, 0.4) is 0 Å². The van der Waals surface area contributed by atoms with Crippen LogP contribution in [0.25, 0.3) is 0 Å². The zero-order valence-corrected chi connectivity index (χ0v) is 11.0. The van der Waals surface area contributed by atoms with Crippen LogP contribution in [0.1, 0.15) is 19.8 Å². The van der Waals surface area contributed by atoms with Crippen molar-refractivity contribution in [2.24, 2.45) is 0 Å². The van der Waals surface area contributed by atoms with Crippen molar-refractivity contribution in [3.05, 3.63) is 12.4 Å². The second-order valence-corrected chi connectivity index (χ2v) is 4.84. The van der Waals surface area contributed by atoms with Gasteiger partial charge >= 0.3 is 0 Å². The number of hydrogen-bond donors (Lipinski definition) is 2. The van der Waals surface area contributed by atoms with E-state index in [1.54, 1.807) is 6.20 Å². The lowest BCUT2D eigenvalue weighted by atomic mass is 10.1. The molecule has 0 amide bonds. The quantitative estimate of drug-likeness (QED) is 0.671. The summed E-state index contributed by atoms with van der Waals surface area (Å²) in [5, 5.41) is 14.7. The molecule has 2 heterocycles. The van der Waals surface area contributed by atoms with E-state index in [2.05, 4.69) is 27.9 Å². The normalized spacial score (nSPS) is 21.9. The molecule has 102 valence electrons. The van der Waals surface area contributed by atoms with Gasteiger partial charge in [-0.15, -0.1) is 5.10 Å². The van der Waals surface area contributed by atoms with Crippen LogP contribution in [-0.2, 0) is 11.3 Å². The van der Waals surface area contributed by atoms with Crippen LogP contribution in [-0.4, -0.2) is 53.4 Å². The molecule has 2 rings (SSSR count). The lowest BCUT2D eigenvalue weighted by Gasteiger charge is -2.26. The first-order valence-corrected chi connectivity index (χ1v) is 6.73. The van der Waals surface area contributed by atoms with Gasteiger partial charge < -0.3 is 15.4 Å². The number of nitrogens with one attached hydrogen (secondary N) is 2. The Balaban J connectivity index is 1.52. The van der Waals surface area contributed by atoms with Gasteiger partial charge in [0.2, 0.25) is 0 Å². The molecule has 0 aromatic carbocycles. The Bertz CT molecular complexity index is 310. The molecule has 1 aliphatic rings. The van der Waals surface area contributed by atoms with Crippen LogP contribution < -0.4 is 10.6 Å². The Morgan fingerprint density at radius 3 is 3.28 bits per heavy atom. The molecule has 0 radical (unpaired) electrons. The highest BCUT2D eigenvalue weighted by atomic mass is 16.5. The highest BCUT2D eigenvalue weighted by molar-refractivity contribution is 4.75. The number of aryl methyl sites for hydroxylation is 1. The van der Waals surface area contributed by atoms with Gasteiger partial charge in [0.05, 0.1) is 19.4 Å². The maximum Gasteiger partial charge on any atom is 0.0692 e. The smallest absolute Gasteiger partial charge is 0.0692 e. The first-order chi connectivity index (χ1) is 8.84. The molecule has 1 aliphatic heterocycles. The van der Waals surface area contributed by atoms with Gasteiger partial charge in [-0.1, -0.05) is 5.21 Å². The number of hydrogen-bond acceptors (Lipinski definition) is 5. The Hall–Kier alpha value is -0.980. The molecule has 0 spiro atoms. The highest BCUT2D eigenvalue weighted by Gasteiger charge is 2.15. The fraction of sp³-hybridized carbons (Fsp3) is 0.833. The predicted octanol–water partition coefficient (Wildman–Crippen LogP) is 0.0248. The van der Waals surface area contributed by atoms with Crippen LogP contribution in [0, 0.1) is 0 Å². The standard InChI is InChI=1S/C12H23N5O/c1-11(9-12-10-18-8-5-14-12)13-3-2-6-17-7-4-15-16-17/h4,7,11-14H,2-3,5-6,8-10H2,1H3. The molecule has 6 nitrogen and oxygen atoms in total. The van der Waals surface area contributed by atoms with Gasteiger partial charge in [-0.05, 0) is 26.3 Å². The van der Waals surface area contributed by atoms with E-state index in [4.69, 9.17) is 4.74 Å². The number of nitrogens with zero attached hydrogens (tertiary/aromatic N) is 3. The summed E-state index contributed by atoms with van der Waals surface area (Å²) in [4.78, 5) is 0.